The number of rotatable bonds is 5. The summed E-state index contributed by atoms with van der Waals surface area (Å²) in [6, 6.07) is 13.5. The maximum atomic E-state index is 13.6. The summed E-state index contributed by atoms with van der Waals surface area (Å²) < 4.78 is 16.4. The largest absolute Gasteiger partial charge is 0.493 e. The fourth-order valence-electron chi connectivity index (χ4n) is 4.97. The first-order chi connectivity index (χ1) is 16.0. The Morgan fingerprint density at radius 1 is 0.848 bits per heavy atom. The number of ketones is 1. The molecular weight excluding hydrogens is 422 g/mol. The van der Waals surface area contributed by atoms with Gasteiger partial charge in [-0.1, -0.05) is 30.3 Å². The van der Waals surface area contributed by atoms with Crippen LogP contribution >= 0.6 is 0 Å². The monoisotopic (exact) mass is 447 g/mol. The Labute approximate surface area is 190 Å². The van der Waals surface area contributed by atoms with E-state index >= 15 is 0 Å². The van der Waals surface area contributed by atoms with Gasteiger partial charge in [-0.15, -0.1) is 0 Å². The predicted molar refractivity (Wildman–Crippen MR) is 123 cm³/mol. The number of carbonyl (C=O) groups is 1. The molecule has 0 fully saturated rings. The van der Waals surface area contributed by atoms with E-state index in [4.69, 9.17) is 14.2 Å². The van der Waals surface area contributed by atoms with Gasteiger partial charge in [0.15, 0.2) is 17.3 Å². The first kappa shape index (κ1) is 20.9. The number of ether oxygens (including phenoxy) is 3. The molecule has 0 bridgehead atoms. The van der Waals surface area contributed by atoms with Crippen LogP contribution in [-0.4, -0.2) is 37.3 Å². The second-order valence-corrected chi connectivity index (χ2v) is 8.22. The van der Waals surface area contributed by atoms with Gasteiger partial charge in [-0.2, -0.15) is 0 Å². The first-order valence-corrected chi connectivity index (χ1v) is 10.7. The number of fused-ring (bicyclic) bond motifs is 1. The molecule has 0 saturated carbocycles. The van der Waals surface area contributed by atoms with Crippen molar-refractivity contribution in [2.24, 2.45) is 0 Å². The normalized spacial score (nSPS) is 19.4. The molecule has 33 heavy (non-hydrogen) atoms. The Hall–Kier alpha value is -3.94. The number of Topliss-reactive ketones (excluding diaryl/α,β-unsaturated/α-hetero) is 1. The summed E-state index contributed by atoms with van der Waals surface area (Å²) >= 11 is 0. The Bertz CT molecular complexity index is 1280. The lowest BCUT2D eigenvalue weighted by atomic mass is 9.73. The van der Waals surface area contributed by atoms with Crippen molar-refractivity contribution in [3.05, 3.63) is 80.8 Å². The highest BCUT2D eigenvalue weighted by molar-refractivity contribution is 6.01. The van der Waals surface area contributed by atoms with Crippen LogP contribution in [0.1, 0.15) is 41.4 Å². The zero-order valence-electron chi connectivity index (χ0n) is 18.7. The molecule has 3 N–H and O–H groups in total. The number of allylic oxidation sites excluding steroid dienone is 2. The first-order valence-electron chi connectivity index (χ1n) is 10.7. The van der Waals surface area contributed by atoms with E-state index in [0.29, 0.717) is 47.0 Å². The standard InChI is InChI=1S/C25H25N3O5/c1-31-18-11-15(12-19(32-2)23(18)33-3)14-9-16-21(17(29)10-14)20(13-7-5-4-6-8-13)22-24(26-16)27-28-25(22)30/h4-8,11-12,14,20H,9-10H2,1-3H3,(H3,26,27,28,30). The lowest BCUT2D eigenvalue weighted by molar-refractivity contribution is -0.116. The minimum absolute atomic E-state index is 0.0163. The third-order valence-electron chi connectivity index (χ3n) is 6.47. The number of hydrogen-bond donors (Lipinski definition) is 3. The molecule has 1 aliphatic carbocycles. The molecule has 170 valence electrons. The van der Waals surface area contributed by atoms with Crippen LogP contribution in [0.15, 0.2) is 58.5 Å². The van der Waals surface area contributed by atoms with Crippen molar-refractivity contribution in [3.63, 3.8) is 0 Å². The van der Waals surface area contributed by atoms with Crippen molar-refractivity contribution in [1.29, 1.82) is 0 Å². The van der Waals surface area contributed by atoms with Crippen molar-refractivity contribution in [2.75, 3.05) is 26.6 Å². The number of nitrogens with one attached hydrogen (secondary N) is 3. The van der Waals surface area contributed by atoms with Crippen LogP contribution in [0.4, 0.5) is 5.82 Å². The molecule has 2 aromatic carbocycles. The van der Waals surface area contributed by atoms with Gasteiger partial charge in [0.05, 0.1) is 26.9 Å². The zero-order valence-corrected chi connectivity index (χ0v) is 18.7. The number of aromatic nitrogens is 2. The number of methoxy groups -OCH3 is 3. The number of benzene rings is 2. The van der Waals surface area contributed by atoms with Crippen molar-refractivity contribution in [3.8, 4) is 17.2 Å². The Morgan fingerprint density at radius 3 is 2.18 bits per heavy atom. The average molecular weight is 447 g/mol. The maximum absolute atomic E-state index is 13.6. The molecule has 2 unspecified atom stereocenters. The van der Waals surface area contributed by atoms with Gasteiger partial charge in [-0.3, -0.25) is 19.8 Å². The van der Waals surface area contributed by atoms with Gasteiger partial charge < -0.3 is 19.5 Å². The number of carbonyl (C=O) groups excluding carboxylic acids is 1. The molecule has 3 aromatic rings. The van der Waals surface area contributed by atoms with Gasteiger partial charge in [0.2, 0.25) is 5.75 Å². The lowest BCUT2D eigenvalue weighted by Gasteiger charge is -2.34. The smallest absolute Gasteiger partial charge is 0.270 e. The van der Waals surface area contributed by atoms with Gasteiger partial charge in [0.25, 0.3) is 5.56 Å². The van der Waals surface area contributed by atoms with E-state index in [9.17, 15) is 9.59 Å². The molecule has 2 aliphatic rings. The van der Waals surface area contributed by atoms with Crippen molar-refractivity contribution in [2.45, 2.75) is 24.7 Å². The molecule has 8 heteroatoms. The molecule has 0 saturated heterocycles. The number of H-pyrrole nitrogens is 2. The van der Waals surface area contributed by atoms with Gasteiger partial charge in [-0.05, 0) is 35.6 Å². The summed E-state index contributed by atoms with van der Waals surface area (Å²) in [6.07, 6.45) is 0.926. The number of aromatic amines is 2. The second kappa shape index (κ2) is 8.20. The van der Waals surface area contributed by atoms with E-state index in [0.717, 1.165) is 16.8 Å². The Balaban J connectivity index is 1.59. The fraction of sp³-hybridized carbons (Fsp3) is 0.280. The number of hydrogen-bond acceptors (Lipinski definition) is 6. The highest BCUT2D eigenvalue weighted by atomic mass is 16.5. The summed E-state index contributed by atoms with van der Waals surface area (Å²) in [7, 11) is 4.71. The molecule has 1 aromatic heterocycles. The minimum Gasteiger partial charge on any atom is -0.493 e. The zero-order chi connectivity index (χ0) is 23.1. The van der Waals surface area contributed by atoms with E-state index in [1.54, 1.807) is 21.3 Å². The fourth-order valence-corrected chi connectivity index (χ4v) is 4.97. The van der Waals surface area contributed by atoms with Crippen molar-refractivity contribution in [1.82, 2.24) is 10.2 Å². The summed E-state index contributed by atoms with van der Waals surface area (Å²) in [5.41, 5.74) is 3.63. The van der Waals surface area contributed by atoms with Gasteiger partial charge in [0, 0.05) is 23.6 Å². The second-order valence-electron chi connectivity index (χ2n) is 8.22. The highest BCUT2D eigenvalue weighted by Crippen LogP contribution is 2.48. The molecule has 5 rings (SSSR count). The maximum Gasteiger partial charge on any atom is 0.270 e. The molecular formula is C25H25N3O5. The molecule has 8 nitrogen and oxygen atoms in total. The third kappa shape index (κ3) is 3.38. The van der Waals surface area contributed by atoms with Gasteiger partial charge >= 0.3 is 0 Å². The van der Waals surface area contributed by atoms with E-state index in [2.05, 4.69) is 15.5 Å². The molecule has 0 radical (unpaired) electrons. The minimum atomic E-state index is -0.416. The van der Waals surface area contributed by atoms with Crippen molar-refractivity contribution < 1.29 is 19.0 Å². The molecule has 0 spiro atoms. The van der Waals surface area contributed by atoms with Gasteiger partial charge in [-0.25, -0.2) is 0 Å². The van der Waals surface area contributed by atoms with E-state index in [-0.39, 0.29) is 17.3 Å². The van der Waals surface area contributed by atoms with Crippen LogP contribution < -0.4 is 25.1 Å². The predicted octanol–water partition coefficient (Wildman–Crippen LogP) is 3.69. The van der Waals surface area contributed by atoms with Crippen molar-refractivity contribution >= 4 is 11.6 Å². The SMILES string of the molecule is COc1cc(C2CC(=O)C3=C(C2)Nc2[nH][nH]c(=O)c2C3c2ccccc2)cc(OC)c1OC. The van der Waals surface area contributed by atoms with Gasteiger partial charge in [0.1, 0.15) is 5.82 Å². The third-order valence-corrected chi connectivity index (χ3v) is 6.47. The van der Waals surface area contributed by atoms with Crippen LogP contribution in [0.2, 0.25) is 0 Å². The Morgan fingerprint density at radius 2 is 1.55 bits per heavy atom. The van der Waals surface area contributed by atoms with E-state index in [1.165, 1.54) is 0 Å². The quantitative estimate of drug-likeness (QED) is 0.551. The van der Waals surface area contributed by atoms with Crippen LogP contribution in [0, 0.1) is 0 Å². The lowest BCUT2D eigenvalue weighted by Crippen LogP contribution is -2.31. The molecule has 0 amide bonds. The number of anilines is 1. The van der Waals surface area contributed by atoms with Crippen LogP contribution in [-0.2, 0) is 4.79 Å². The Kier molecular flexibility index (Phi) is 5.20. The van der Waals surface area contributed by atoms with E-state index in [1.807, 2.05) is 42.5 Å². The van der Waals surface area contributed by atoms with E-state index < -0.39 is 5.92 Å². The summed E-state index contributed by atoms with van der Waals surface area (Å²) in [4.78, 5) is 26.2. The molecule has 2 atom stereocenters. The highest BCUT2D eigenvalue weighted by Gasteiger charge is 2.40. The van der Waals surface area contributed by atoms with Crippen LogP contribution in [0.25, 0.3) is 0 Å². The molecule has 2 heterocycles. The summed E-state index contributed by atoms with van der Waals surface area (Å²) in [5, 5.41) is 8.90. The summed E-state index contributed by atoms with van der Waals surface area (Å²) in [5.74, 6) is 1.74. The average Bonchev–Trinajstić information content (AvgIpc) is 3.22. The molecule has 1 aliphatic heterocycles. The van der Waals surface area contributed by atoms with Crippen LogP contribution in [0.5, 0.6) is 17.2 Å². The summed E-state index contributed by atoms with van der Waals surface area (Å²) in [6.45, 7) is 0. The topological polar surface area (TPSA) is 105 Å². The van der Waals surface area contributed by atoms with Crippen LogP contribution in [0.3, 0.4) is 0 Å².